The van der Waals surface area contributed by atoms with Crippen LogP contribution >= 0.6 is 0 Å². The lowest BCUT2D eigenvalue weighted by molar-refractivity contribution is 0.213. The van der Waals surface area contributed by atoms with Gasteiger partial charge in [-0.05, 0) is 36.7 Å². The summed E-state index contributed by atoms with van der Waals surface area (Å²) in [6.45, 7) is 12.4. The molecule has 0 unspecified atom stereocenters. The van der Waals surface area contributed by atoms with Gasteiger partial charge in [0.25, 0.3) is 0 Å². The molecular formula is C16H32. The smallest absolute Gasteiger partial charge is 0.0190 e. The zero-order chi connectivity index (χ0) is 11.7. The van der Waals surface area contributed by atoms with E-state index in [4.69, 9.17) is 0 Å². The minimum absolute atomic E-state index is 0. The van der Waals surface area contributed by atoms with E-state index in [1.807, 2.05) is 13.8 Å². The molecule has 0 nitrogen and oxygen atoms in total. The Kier molecular flexibility index (Phi) is 10.9. The van der Waals surface area contributed by atoms with E-state index in [-0.39, 0.29) is 7.43 Å². The van der Waals surface area contributed by atoms with Gasteiger partial charge < -0.3 is 0 Å². The molecule has 0 N–H and O–H groups in total. The Bertz CT molecular complexity index is 200. The van der Waals surface area contributed by atoms with Gasteiger partial charge in [-0.2, -0.15) is 0 Å². The lowest BCUT2D eigenvalue weighted by atomic mass is 9.71. The minimum atomic E-state index is 0. The van der Waals surface area contributed by atoms with Crippen molar-refractivity contribution < 1.29 is 0 Å². The highest BCUT2D eigenvalue weighted by atomic mass is 14.3. The summed E-state index contributed by atoms with van der Waals surface area (Å²) in [5.74, 6) is 0. The summed E-state index contributed by atoms with van der Waals surface area (Å²) in [4.78, 5) is 0. The quantitative estimate of drug-likeness (QED) is 0.506. The number of rotatable bonds is 3. The fourth-order valence-corrected chi connectivity index (χ4v) is 2.41. The molecule has 1 saturated carbocycles. The Morgan fingerprint density at radius 3 is 2.06 bits per heavy atom. The second-order valence-electron chi connectivity index (χ2n) is 4.68. The topological polar surface area (TPSA) is 0 Å². The van der Waals surface area contributed by atoms with Crippen molar-refractivity contribution in [2.45, 2.75) is 80.1 Å². The summed E-state index contributed by atoms with van der Waals surface area (Å²) in [5.41, 5.74) is 5.08. The summed E-state index contributed by atoms with van der Waals surface area (Å²) in [5, 5.41) is 0. The molecule has 0 aromatic rings. The molecule has 0 aromatic heterocycles. The summed E-state index contributed by atoms with van der Waals surface area (Å²) in [7, 11) is 0. The molecule has 0 bridgehead atoms. The number of allylic oxidation sites excluding steroid dienone is 1. The first kappa shape index (κ1) is 17.9. The highest BCUT2D eigenvalue weighted by Gasteiger charge is 2.27. The van der Waals surface area contributed by atoms with E-state index in [0.29, 0.717) is 5.41 Å². The molecule has 0 saturated heterocycles. The van der Waals surface area contributed by atoms with Gasteiger partial charge in [0.05, 0.1) is 0 Å². The van der Waals surface area contributed by atoms with E-state index >= 15 is 0 Å². The maximum atomic E-state index is 3.77. The van der Waals surface area contributed by atoms with Crippen LogP contribution in [0.1, 0.15) is 80.1 Å². The molecule has 1 aliphatic rings. The number of hydrogen-bond acceptors (Lipinski definition) is 0. The largest absolute Gasteiger partial charge is 0.130 e. The van der Waals surface area contributed by atoms with Crippen LogP contribution in [0.5, 0.6) is 0 Å². The molecule has 1 rings (SSSR count). The van der Waals surface area contributed by atoms with E-state index < -0.39 is 0 Å². The summed E-state index contributed by atoms with van der Waals surface area (Å²) >= 11 is 0. The third-order valence-corrected chi connectivity index (χ3v) is 3.38. The second kappa shape index (κ2) is 9.73. The van der Waals surface area contributed by atoms with E-state index in [0.717, 1.165) is 6.42 Å². The van der Waals surface area contributed by atoms with Crippen molar-refractivity contribution in [3.63, 3.8) is 0 Å². The maximum absolute atomic E-state index is 3.77. The molecule has 96 valence electrons. The molecule has 0 heteroatoms. The predicted molar refractivity (Wildman–Crippen MR) is 76.8 cm³/mol. The van der Waals surface area contributed by atoms with Gasteiger partial charge in [-0.15, -0.1) is 5.73 Å². The van der Waals surface area contributed by atoms with E-state index in [9.17, 15) is 0 Å². The monoisotopic (exact) mass is 224 g/mol. The van der Waals surface area contributed by atoms with Crippen molar-refractivity contribution in [2.24, 2.45) is 5.41 Å². The zero-order valence-electron chi connectivity index (χ0n) is 11.2. The van der Waals surface area contributed by atoms with Crippen LogP contribution in [0.25, 0.3) is 0 Å². The van der Waals surface area contributed by atoms with Gasteiger partial charge in [-0.3, -0.25) is 0 Å². The van der Waals surface area contributed by atoms with Crippen molar-refractivity contribution >= 4 is 0 Å². The van der Waals surface area contributed by atoms with Crippen LogP contribution in [0.4, 0.5) is 0 Å². The van der Waals surface area contributed by atoms with Crippen LogP contribution in [0.2, 0.25) is 0 Å². The van der Waals surface area contributed by atoms with Crippen molar-refractivity contribution in [1.29, 1.82) is 0 Å². The van der Waals surface area contributed by atoms with E-state index in [1.165, 1.54) is 44.1 Å². The van der Waals surface area contributed by atoms with Crippen LogP contribution in [-0.4, -0.2) is 0 Å². The lowest BCUT2D eigenvalue weighted by Gasteiger charge is -2.34. The van der Waals surface area contributed by atoms with Gasteiger partial charge in [0.15, 0.2) is 0 Å². The van der Waals surface area contributed by atoms with Gasteiger partial charge in [-0.1, -0.05) is 61.0 Å². The first-order chi connectivity index (χ1) is 7.20. The molecule has 0 aliphatic heterocycles. The highest BCUT2D eigenvalue weighted by Crippen LogP contribution is 2.40. The van der Waals surface area contributed by atoms with Crippen molar-refractivity contribution in [1.82, 2.24) is 0 Å². The lowest BCUT2D eigenvalue weighted by Crippen LogP contribution is -2.20. The molecule has 16 heavy (non-hydrogen) atoms. The minimum Gasteiger partial charge on any atom is -0.130 e. The SMILES string of the molecule is C.C=C=C(CC)CC1(C)CCCCC1.CC. The third-order valence-electron chi connectivity index (χ3n) is 3.38. The molecule has 1 aliphatic carbocycles. The van der Waals surface area contributed by atoms with Crippen molar-refractivity contribution in [3.05, 3.63) is 17.9 Å². The third kappa shape index (κ3) is 6.18. The van der Waals surface area contributed by atoms with Crippen LogP contribution in [0, 0.1) is 5.41 Å². The van der Waals surface area contributed by atoms with E-state index in [1.54, 1.807) is 0 Å². The Morgan fingerprint density at radius 2 is 1.69 bits per heavy atom. The van der Waals surface area contributed by atoms with Crippen molar-refractivity contribution in [2.75, 3.05) is 0 Å². The Labute approximate surface area is 104 Å². The Balaban J connectivity index is 0. The standard InChI is InChI=1S/C13H22.C2H6.CH4/c1-4-12(5-2)11-13(3)9-7-6-8-10-13;1-2;/h1,5-11H2,2-3H3;1-2H3;1H4. The van der Waals surface area contributed by atoms with Crippen molar-refractivity contribution in [3.8, 4) is 0 Å². The highest BCUT2D eigenvalue weighted by molar-refractivity contribution is 5.02. The first-order valence-corrected chi connectivity index (χ1v) is 6.58. The summed E-state index contributed by atoms with van der Waals surface area (Å²) in [6.07, 6.45) is 9.44. The van der Waals surface area contributed by atoms with Crippen LogP contribution in [-0.2, 0) is 0 Å². The van der Waals surface area contributed by atoms with Gasteiger partial charge in [0.2, 0.25) is 0 Å². The van der Waals surface area contributed by atoms with Crippen LogP contribution in [0.15, 0.2) is 17.9 Å². The average molecular weight is 224 g/mol. The predicted octanol–water partition coefficient (Wildman–Crippen LogP) is 6.13. The Hall–Kier alpha value is -0.480. The molecular weight excluding hydrogens is 192 g/mol. The molecule has 0 spiro atoms. The van der Waals surface area contributed by atoms with Gasteiger partial charge in [0, 0.05) is 0 Å². The summed E-state index contributed by atoms with van der Waals surface area (Å²) in [6, 6.07) is 0. The van der Waals surface area contributed by atoms with Crippen LogP contribution < -0.4 is 0 Å². The molecule has 0 atom stereocenters. The van der Waals surface area contributed by atoms with Gasteiger partial charge in [0.1, 0.15) is 0 Å². The van der Waals surface area contributed by atoms with Gasteiger partial charge in [-0.25, -0.2) is 0 Å². The fraction of sp³-hybridized carbons (Fsp3) is 0.812. The number of hydrogen-bond donors (Lipinski definition) is 0. The molecule has 0 radical (unpaired) electrons. The first-order valence-electron chi connectivity index (χ1n) is 6.58. The normalized spacial score (nSPS) is 17.2. The van der Waals surface area contributed by atoms with Crippen LogP contribution in [0.3, 0.4) is 0 Å². The second-order valence-corrected chi connectivity index (χ2v) is 4.68. The Morgan fingerprint density at radius 1 is 1.19 bits per heavy atom. The summed E-state index contributed by atoms with van der Waals surface area (Å²) < 4.78 is 0. The molecule has 1 fully saturated rings. The maximum Gasteiger partial charge on any atom is -0.0190 e. The van der Waals surface area contributed by atoms with E-state index in [2.05, 4.69) is 26.2 Å². The average Bonchev–Trinajstić information content (AvgIpc) is 2.29. The van der Waals surface area contributed by atoms with Gasteiger partial charge >= 0.3 is 0 Å². The fourth-order valence-electron chi connectivity index (χ4n) is 2.41. The zero-order valence-corrected chi connectivity index (χ0v) is 11.2. The molecule has 0 aromatic carbocycles. The molecule has 0 heterocycles. The molecule has 0 amide bonds.